The first-order valence-electron chi connectivity index (χ1n) is 10.3. The van der Waals surface area contributed by atoms with Gasteiger partial charge < -0.3 is 14.8 Å². The summed E-state index contributed by atoms with van der Waals surface area (Å²) in [7, 11) is 0. The molecule has 2 heterocycles. The van der Waals surface area contributed by atoms with E-state index in [1.54, 1.807) is 30.6 Å². The van der Waals surface area contributed by atoms with Crippen LogP contribution >= 0.6 is 11.6 Å². The van der Waals surface area contributed by atoms with E-state index in [-0.39, 0.29) is 17.9 Å². The van der Waals surface area contributed by atoms with E-state index in [9.17, 15) is 9.59 Å². The van der Waals surface area contributed by atoms with Crippen LogP contribution in [0.1, 0.15) is 55.2 Å². The molecule has 29 heavy (non-hydrogen) atoms. The molecule has 1 aromatic carbocycles. The first-order chi connectivity index (χ1) is 14.1. The van der Waals surface area contributed by atoms with Crippen molar-refractivity contribution in [1.29, 1.82) is 0 Å². The number of rotatable bonds is 5. The van der Waals surface area contributed by atoms with Gasteiger partial charge in [0, 0.05) is 23.2 Å². The van der Waals surface area contributed by atoms with Crippen LogP contribution in [0.3, 0.4) is 0 Å². The Hall–Kier alpha value is -2.41. The molecule has 1 saturated heterocycles. The van der Waals surface area contributed by atoms with Crippen molar-refractivity contribution >= 4 is 23.4 Å². The van der Waals surface area contributed by atoms with Crippen molar-refractivity contribution in [2.24, 2.45) is 5.92 Å². The van der Waals surface area contributed by atoms with Gasteiger partial charge in [-0.05, 0) is 50.3 Å². The molecule has 7 nitrogen and oxygen atoms in total. The summed E-state index contributed by atoms with van der Waals surface area (Å²) in [5.41, 5.74) is 0.534. The molecule has 8 heteroatoms. The fraction of sp³-hybridized carbons (Fsp3) is 0.524. The molecule has 0 bridgehead atoms. The molecular weight excluding hydrogens is 390 g/mol. The van der Waals surface area contributed by atoms with Crippen molar-refractivity contribution < 1.29 is 9.59 Å². The summed E-state index contributed by atoms with van der Waals surface area (Å²) in [5, 5.41) is 11.5. The van der Waals surface area contributed by atoms with E-state index in [4.69, 9.17) is 11.6 Å². The number of hydrogen-bond donors (Lipinski definition) is 1. The summed E-state index contributed by atoms with van der Waals surface area (Å²) >= 11 is 6.10. The van der Waals surface area contributed by atoms with Crippen LogP contribution < -0.4 is 5.32 Å². The third-order valence-corrected chi connectivity index (χ3v) is 6.39. The number of amides is 2. The van der Waals surface area contributed by atoms with Gasteiger partial charge >= 0.3 is 0 Å². The second kappa shape index (κ2) is 8.53. The standard InChI is InChI=1S/C21H26ClN5O2/c1-2-26-13-24-25-19(26)12-23-20(28)18-11-14-6-3-4-9-17(14)27(18)21(29)15-7-5-8-16(22)10-15/h5,7-8,10,13-14,17-18H,2-4,6,9,11-12H2,1H3,(H,23,28)/t14-,17-,18+/m1/s1. The monoisotopic (exact) mass is 415 g/mol. The number of halogens is 1. The average molecular weight is 416 g/mol. The molecular formula is C21H26ClN5O2. The summed E-state index contributed by atoms with van der Waals surface area (Å²) in [4.78, 5) is 28.3. The number of benzene rings is 1. The summed E-state index contributed by atoms with van der Waals surface area (Å²) in [6, 6.07) is 6.62. The molecule has 154 valence electrons. The zero-order valence-corrected chi connectivity index (χ0v) is 17.3. The molecule has 0 spiro atoms. The summed E-state index contributed by atoms with van der Waals surface area (Å²) < 4.78 is 1.89. The predicted octanol–water partition coefficient (Wildman–Crippen LogP) is 3.04. The summed E-state index contributed by atoms with van der Waals surface area (Å²) in [5.74, 6) is 0.852. The summed E-state index contributed by atoms with van der Waals surface area (Å²) in [6.07, 6.45) is 6.63. The topological polar surface area (TPSA) is 80.1 Å². The normalized spacial score (nSPS) is 23.7. The lowest BCUT2D eigenvalue weighted by atomic mass is 9.84. The van der Waals surface area contributed by atoms with Gasteiger partial charge in [0.05, 0.1) is 6.54 Å². The maximum Gasteiger partial charge on any atom is 0.254 e. The fourth-order valence-electron chi connectivity index (χ4n) is 4.72. The lowest BCUT2D eigenvalue weighted by Crippen LogP contribution is -2.49. The Balaban J connectivity index is 1.54. The van der Waals surface area contributed by atoms with E-state index in [2.05, 4.69) is 15.5 Å². The molecule has 1 aliphatic heterocycles. The minimum Gasteiger partial charge on any atom is -0.347 e. The van der Waals surface area contributed by atoms with Crippen LogP contribution in [0.25, 0.3) is 0 Å². The molecule has 1 N–H and O–H groups in total. The fourth-order valence-corrected chi connectivity index (χ4v) is 4.91. The number of nitrogens with zero attached hydrogens (tertiary/aromatic N) is 4. The Morgan fingerprint density at radius 1 is 1.28 bits per heavy atom. The molecule has 2 amide bonds. The summed E-state index contributed by atoms with van der Waals surface area (Å²) in [6.45, 7) is 3.05. The number of hydrogen-bond acceptors (Lipinski definition) is 4. The second-order valence-corrected chi connectivity index (χ2v) is 8.27. The molecule has 3 atom stereocenters. The highest BCUT2D eigenvalue weighted by Crippen LogP contribution is 2.40. The van der Waals surface area contributed by atoms with E-state index in [0.717, 1.165) is 32.2 Å². The van der Waals surface area contributed by atoms with E-state index < -0.39 is 6.04 Å². The molecule has 0 radical (unpaired) electrons. The largest absolute Gasteiger partial charge is 0.347 e. The van der Waals surface area contributed by atoms with Crippen LogP contribution in [0.2, 0.25) is 5.02 Å². The molecule has 2 fully saturated rings. The molecule has 1 aromatic heterocycles. The smallest absolute Gasteiger partial charge is 0.254 e. The molecule has 1 saturated carbocycles. The molecule has 1 aliphatic carbocycles. The van der Waals surface area contributed by atoms with Crippen molar-refractivity contribution in [2.75, 3.05) is 0 Å². The van der Waals surface area contributed by atoms with Crippen molar-refractivity contribution in [1.82, 2.24) is 25.0 Å². The highest BCUT2D eigenvalue weighted by molar-refractivity contribution is 6.31. The number of aromatic nitrogens is 3. The Morgan fingerprint density at radius 2 is 2.10 bits per heavy atom. The lowest BCUT2D eigenvalue weighted by molar-refractivity contribution is -0.125. The number of fused-ring (bicyclic) bond motifs is 1. The third-order valence-electron chi connectivity index (χ3n) is 6.15. The lowest BCUT2D eigenvalue weighted by Gasteiger charge is -2.33. The van der Waals surface area contributed by atoms with Gasteiger partial charge in [-0.3, -0.25) is 9.59 Å². The number of carbonyl (C=O) groups is 2. The quantitative estimate of drug-likeness (QED) is 0.813. The molecule has 4 rings (SSSR count). The van der Waals surface area contributed by atoms with Crippen molar-refractivity contribution in [2.45, 2.75) is 64.2 Å². The van der Waals surface area contributed by atoms with Gasteiger partial charge in [0.15, 0.2) is 5.82 Å². The zero-order valence-electron chi connectivity index (χ0n) is 16.6. The van der Waals surface area contributed by atoms with Gasteiger partial charge in [0.2, 0.25) is 5.91 Å². The third kappa shape index (κ3) is 4.01. The van der Waals surface area contributed by atoms with Crippen LogP contribution in [-0.4, -0.2) is 43.6 Å². The van der Waals surface area contributed by atoms with Crippen molar-refractivity contribution in [3.63, 3.8) is 0 Å². The maximum atomic E-state index is 13.4. The van der Waals surface area contributed by atoms with Gasteiger partial charge in [-0.15, -0.1) is 10.2 Å². The van der Waals surface area contributed by atoms with Crippen LogP contribution in [0, 0.1) is 5.92 Å². The van der Waals surface area contributed by atoms with Gasteiger partial charge in [-0.2, -0.15) is 0 Å². The molecule has 2 aromatic rings. The van der Waals surface area contributed by atoms with E-state index in [1.807, 2.05) is 16.4 Å². The van der Waals surface area contributed by atoms with E-state index in [0.29, 0.717) is 35.3 Å². The van der Waals surface area contributed by atoms with Crippen LogP contribution in [0.15, 0.2) is 30.6 Å². The highest BCUT2D eigenvalue weighted by atomic mass is 35.5. The number of nitrogens with one attached hydrogen (secondary N) is 1. The van der Waals surface area contributed by atoms with Crippen LogP contribution in [0.5, 0.6) is 0 Å². The number of likely N-dealkylation sites (tertiary alicyclic amines) is 1. The van der Waals surface area contributed by atoms with Gasteiger partial charge in [0.25, 0.3) is 5.91 Å². The Kier molecular flexibility index (Phi) is 5.85. The SMILES string of the molecule is CCn1cnnc1CNC(=O)[C@@H]1C[C@H]2CCCC[C@H]2N1C(=O)c1cccc(Cl)c1. The molecule has 2 aliphatic rings. The predicted molar refractivity (Wildman–Crippen MR) is 109 cm³/mol. The van der Waals surface area contributed by atoms with Gasteiger partial charge in [0.1, 0.15) is 12.4 Å². The van der Waals surface area contributed by atoms with E-state index in [1.165, 1.54) is 0 Å². The highest BCUT2D eigenvalue weighted by Gasteiger charge is 2.47. The molecule has 0 unspecified atom stereocenters. The Morgan fingerprint density at radius 3 is 2.90 bits per heavy atom. The zero-order chi connectivity index (χ0) is 20.4. The van der Waals surface area contributed by atoms with E-state index >= 15 is 0 Å². The number of carbonyl (C=O) groups excluding carboxylic acids is 2. The van der Waals surface area contributed by atoms with Crippen molar-refractivity contribution in [3.05, 3.63) is 47.0 Å². The van der Waals surface area contributed by atoms with Crippen molar-refractivity contribution in [3.8, 4) is 0 Å². The first kappa shape index (κ1) is 19.9. The first-order valence-corrected chi connectivity index (χ1v) is 10.7. The Labute approximate surface area is 175 Å². The minimum atomic E-state index is -0.465. The Bertz CT molecular complexity index is 899. The number of aryl methyl sites for hydroxylation is 1. The van der Waals surface area contributed by atoms with Gasteiger partial charge in [-0.25, -0.2) is 0 Å². The minimum absolute atomic E-state index is 0.112. The van der Waals surface area contributed by atoms with Crippen LogP contribution in [0.4, 0.5) is 0 Å². The van der Waals surface area contributed by atoms with Crippen LogP contribution in [-0.2, 0) is 17.9 Å². The van der Waals surface area contributed by atoms with Gasteiger partial charge in [-0.1, -0.05) is 30.5 Å². The maximum absolute atomic E-state index is 13.4. The average Bonchev–Trinajstić information content (AvgIpc) is 3.35. The second-order valence-electron chi connectivity index (χ2n) is 7.84.